The number of hydrogen-bond acceptors (Lipinski definition) is 2. The van der Waals surface area contributed by atoms with E-state index in [2.05, 4.69) is 10.6 Å². The highest BCUT2D eigenvalue weighted by molar-refractivity contribution is 5.76. The minimum Gasteiger partial charge on any atom is -0.355 e. The molecule has 2 N–H and O–H groups in total. The molecule has 1 atom stereocenters. The molecule has 0 aromatic heterocycles. The Kier molecular flexibility index (Phi) is 4.85. The highest BCUT2D eigenvalue weighted by Crippen LogP contribution is 2.44. The molecule has 132 valence electrons. The molecular weight excluding hydrogens is 317 g/mol. The van der Waals surface area contributed by atoms with Crippen molar-refractivity contribution in [3.05, 3.63) is 35.4 Å². The number of rotatable bonds is 5. The quantitative estimate of drug-likeness (QED) is 0.863. The van der Waals surface area contributed by atoms with Gasteiger partial charge in [0.05, 0.1) is 5.56 Å². The van der Waals surface area contributed by atoms with E-state index < -0.39 is 11.7 Å². The van der Waals surface area contributed by atoms with Crippen LogP contribution in [0.3, 0.4) is 0 Å². The minimum absolute atomic E-state index is 0.0207. The van der Waals surface area contributed by atoms with Crippen LogP contribution in [0.25, 0.3) is 0 Å². The summed E-state index contributed by atoms with van der Waals surface area (Å²) in [6.45, 7) is 1.37. The van der Waals surface area contributed by atoms with Gasteiger partial charge in [0.1, 0.15) is 0 Å². The zero-order valence-corrected chi connectivity index (χ0v) is 13.6. The van der Waals surface area contributed by atoms with Crippen molar-refractivity contribution in [3.8, 4) is 0 Å². The molecule has 0 bridgehead atoms. The standard InChI is InChI=1S/C18H23F3N2O/c19-18(20,21)14-5-1-4-13(10-14)17(7-3-8-17)12-23-16(24)11-15-6-2-9-22-15/h1,4-5,10,15,22H,2-3,6-9,11-12H2,(H,23,24). The Bertz CT molecular complexity index is 590. The molecule has 0 spiro atoms. The second kappa shape index (κ2) is 6.75. The van der Waals surface area contributed by atoms with Gasteiger partial charge in [-0.3, -0.25) is 4.79 Å². The lowest BCUT2D eigenvalue weighted by Crippen LogP contribution is -2.46. The molecule has 1 saturated carbocycles. The van der Waals surface area contributed by atoms with Crippen molar-refractivity contribution in [3.63, 3.8) is 0 Å². The highest BCUT2D eigenvalue weighted by Gasteiger charge is 2.40. The topological polar surface area (TPSA) is 41.1 Å². The molecule has 1 amide bonds. The van der Waals surface area contributed by atoms with E-state index in [4.69, 9.17) is 0 Å². The molecule has 1 aliphatic heterocycles. The van der Waals surface area contributed by atoms with Crippen LogP contribution in [0.15, 0.2) is 24.3 Å². The van der Waals surface area contributed by atoms with Crippen LogP contribution >= 0.6 is 0 Å². The third-order valence-corrected chi connectivity index (χ3v) is 5.33. The molecule has 3 rings (SSSR count). The summed E-state index contributed by atoms with van der Waals surface area (Å²) in [7, 11) is 0. The minimum atomic E-state index is -4.33. The molecule has 2 aliphatic rings. The van der Waals surface area contributed by atoms with Crippen LogP contribution in [0.1, 0.15) is 49.7 Å². The van der Waals surface area contributed by atoms with Gasteiger partial charge in [-0.1, -0.05) is 24.6 Å². The summed E-state index contributed by atoms with van der Waals surface area (Å²) in [5, 5.41) is 6.23. The predicted molar refractivity (Wildman–Crippen MR) is 85.6 cm³/mol. The van der Waals surface area contributed by atoms with Crippen molar-refractivity contribution in [2.24, 2.45) is 0 Å². The number of alkyl halides is 3. The van der Waals surface area contributed by atoms with Gasteiger partial charge in [-0.25, -0.2) is 0 Å². The van der Waals surface area contributed by atoms with Crippen molar-refractivity contribution in [1.29, 1.82) is 0 Å². The van der Waals surface area contributed by atoms with Gasteiger partial charge in [-0.15, -0.1) is 0 Å². The Morgan fingerprint density at radius 3 is 2.67 bits per heavy atom. The second-order valence-electron chi connectivity index (χ2n) is 6.99. The summed E-state index contributed by atoms with van der Waals surface area (Å²) >= 11 is 0. The zero-order chi connectivity index (χ0) is 17.2. The normalized spacial score (nSPS) is 22.9. The molecule has 1 aromatic rings. The first-order valence-corrected chi connectivity index (χ1v) is 8.57. The van der Waals surface area contributed by atoms with Gasteiger partial charge in [-0.05, 0) is 43.9 Å². The third kappa shape index (κ3) is 3.74. The van der Waals surface area contributed by atoms with Crippen LogP contribution in [0.5, 0.6) is 0 Å². The first-order valence-electron chi connectivity index (χ1n) is 8.57. The Balaban J connectivity index is 1.65. The molecule has 1 aliphatic carbocycles. The van der Waals surface area contributed by atoms with E-state index in [-0.39, 0.29) is 17.4 Å². The average molecular weight is 340 g/mol. The van der Waals surface area contributed by atoms with E-state index in [0.29, 0.717) is 18.5 Å². The maximum atomic E-state index is 12.9. The monoisotopic (exact) mass is 340 g/mol. The number of carbonyl (C=O) groups excluding carboxylic acids is 1. The summed E-state index contributed by atoms with van der Waals surface area (Å²) < 4.78 is 38.8. The molecular formula is C18H23F3N2O. The number of benzene rings is 1. The van der Waals surface area contributed by atoms with Gasteiger partial charge in [0.2, 0.25) is 5.91 Å². The molecule has 6 heteroatoms. The van der Waals surface area contributed by atoms with E-state index in [0.717, 1.165) is 44.7 Å². The number of nitrogens with one attached hydrogen (secondary N) is 2. The fourth-order valence-corrected chi connectivity index (χ4v) is 3.69. The van der Waals surface area contributed by atoms with Crippen LogP contribution in [0.4, 0.5) is 13.2 Å². The van der Waals surface area contributed by atoms with Crippen LogP contribution in [0, 0.1) is 0 Å². The van der Waals surface area contributed by atoms with Gasteiger partial charge < -0.3 is 10.6 Å². The third-order valence-electron chi connectivity index (χ3n) is 5.33. The molecule has 1 saturated heterocycles. The summed E-state index contributed by atoms with van der Waals surface area (Å²) in [5.74, 6) is -0.0207. The van der Waals surface area contributed by atoms with Crippen LogP contribution < -0.4 is 10.6 Å². The van der Waals surface area contributed by atoms with E-state index in [1.54, 1.807) is 6.07 Å². The maximum Gasteiger partial charge on any atom is 0.416 e. The summed E-state index contributed by atoms with van der Waals surface area (Å²) in [4.78, 5) is 12.1. The number of carbonyl (C=O) groups is 1. The summed E-state index contributed by atoms with van der Waals surface area (Å²) in [5.41, 5.74) is -0.282. The number of hydrogen-bond donors (Lipinski definition) is 2. The maximum absolute atomic E-state index is 12.9. The van der Waals surface area contributed by atoms with E-state index >= 15 is 0 Å². The average Bonchev–Trinajstić information content (AvgIpc) is 2.98. The van der Waals surface area contributed by atoms with Crippen LogP contribution in [-0.4, -0.2) is 25.0 Å². The molecule has 3 nitrogen and oxygen atoms in total. The molecule has 1 aromatic carbocycles. The van der Waals surface area contributed by atoms with Gasteiger partial charge in [-0.2, -0.15) is 13.2 Å². The Morgan fingerprint density at radius 1 is 1.29 bits per heavy atom. The Hall–Kier alpha value is -1.56. The first kappa shape index (κ1) is 17.3. The Morgan fingerprint density at radius 2 is 2.08 bits per heavy atom. The van der Waals surface area contributed by atoms with Crippen molar-refractivity contribution >= 4 is 5.91 Å². The zero-order valence-electron chi connectivity index (χ0n) is 13.6. The molecule has 0 radical (unpaired) electrons. The predicted octanol–water partition coefficient (Wildman–Crippen LogP) is 3.39. The number of halogens is 3. The molecule has 2 fully saturated rings. The van der Waals surface area contributed by atoms with Gasteiger partial charge in [0.15, 0.2) is 0 Å². The lowest BCUT2D eigenvalue weighted by Gasteiger charge is -2.43. The van der Waals surface area contributed by atoms with Gasteiger partial charge >= 0.3 is 6.18 Å². The number of amides is 1. The van der Waals surface area contributed by atoms with Crippen molar-refractivity contribution in [1.82, 2.24) is 10.6 Å². The highest BCUT2D eigenvalue weighted by atomic mass is 19.4. The summed E-state index contributed by atoms with van der Waals surface area (Å²) in [6, 6.07) is 5.78. The SMILES string of the molecule is O=C(CC1CCCN1)NCC1(c2cccc(C(F)(F)F)c2)CCC1. The van der Waals surface area contributed by atoms with E-state index in [1.165, 1.54) is 12.1 Å². The first-order chi connectivity index (χ1) is 11.4. The molecule has 1 heterocycles. The van der Waals surface area contributed by atoms with Gasteiger partial charge in [0, 0.05) is 24.4 Å². The van der Waals surface area contributed by atoms with E-state index in [9.17, 15) is 18.0 Å². The van der Waals surface area contributed by atoms with Gasteiger partial charge in [0.25, 0.3) is 0 Å². The molecule has 1 unspecified atom stereocenters. The second-order valence-corrected chi connectivity index (χ2v) is 6.99. The van der Waals surface area contributed by atoms with Crippen LogP contribution in [0.2, 0.25) is 0 Å². The largest absolute Gasteiger partial charge is 0.416 e. The smallest absolute Gasteiger partial charge is 0.355 e. The lowest BCUT2D eigenvalue weighted by molar-refractivity contribution is -0.137. The Labute approximate surface area is 140 Å². The summed E-state index contributed by atoms with van der Waals surface area (Å²) in [6.07, 6.45) is 0.818. The van der Waals surface area contributed by atoms with Crippen molar-refractivity contribution in [2.75, 3.05) is 13.1 Å². The van der Waals surface area contributed by atoms with Crippen molar-refractivity contribution < 1.29 is 18.0 Å². The lowest BCUT2D eigenvalue weighted by atomic mass is 9.64. The van der Waals surface area contributed by atoms with E-state index in [1.807, 2.05) is 0 Å². The fraction of sp³-hybridized carbons (Fsp3) is 0.611. The molecule has 24 heavy (non-hydrogen) atoms. The van der Waals surface area contributed by atoms with Crippen LogP contribution in [-0.2, 0) is 16.4 Å². The fourth-order valence-electron chi connectivity index (χ4n) is 3.69. The van der Waals surface area contributed by atoms with Crippen molar-refractivity contribution in [2.45, 2.75) is 56.2 Å².